The number of aliphatic hydroxyl groups is 2. The van der Waals surface area contributed by atoms with Crippen molar-refractivity contribution in [1.29, 1.82) is 0 Å². The number of hydrogen-bond donors (Lipinski definition) is 4. The summed E-state index contributed by atoms with van der Waals surface area (Å²) in [6.07, 6.45) is -0.560. The zero-order valence-electron chi connectivity index (χ0n) is 6.32. The Bertz CT molecular complexity index is 93.5. The first kappa shape index (κ1) is 23.0. The van der Waals surface area contributed by atoms with Crippen LogP contribution in [0.4, 0.5) is 0 Å². The molecule has 0 bridgehead atoms. The molecule has 72 valence electrons. The maximum Gasteiger partial charge on any atom is 0.317 e. The van der Waals surface area contributed by atoms with E-state index in [0.29, 0.717) is 0 Å². The van der Waals surface area contributed by atoms with Crippen LogP contribution in [0.15, 0.2) is 0 Å². The Morgan fingerprint density at radius 3 is 1.75 bits per heavy atom. The summed E-state index contributed by atoms with van der Waals surface area (Å²) in [5, 5.41) is 23.6. The quantitative estimate of drug-likeness (QED) is 0.407. The number of carbonyl (C=O) groups is 1. The summed E-state index contributed by atoms with van der Waals surface area (Å²) in [6, 6.07) is 0. The van der Waals surface area contributed by atoms with Crippen molar-refractivity contribution in [2.75, 3.05) is 13.2 Å². The Morgan fingerprint density at radius 2 is 1.75 bits per heavy atom. The molecular weight excluding hydrogens is 256 g/mol. The smallest absolute Gasteiger partial charge is 0.317 e. The van der Waals surface area contributed by atoms with Gasteiger partial charge in [0.05, 0.1) is 19.3 Å². The molecule has 0 aromatic heterocycles. The summed E-state index contributed by atoms with van der Waals surface area (Å²) >= 11 is 0. The molecule has 0 amide bonds. The number of carboxylic acids is 1. The van der Waals surface area contributed by atoms with Crippen molar-refractivity contribution < 1.29 is 46.3 Å². The van der Waals surface area contributed by atoms with Crippen LogP contribution >= 0.6 is 0 Å². The maximum absolute atomic E-state index is 9.24. The van der Waals surface area contributed by atoms with Gasteiger partial charge in [0, 0.05) is 26.2 Å². The average molecular weight is 272 g/mol. The molecule has 0 fully saturated rings. The van der Waals surface area contributed by atoms with Gasteiger partial charge in [-0.25, -0.2) is 0 Å². The number of carboxylic acid groups (broad SMARTS) is 1. The molecule has 0 aliphatic heterocycles. The summed E-state index contributed by atoms with van der Waals surface area (Å²) in [7, 11) is 0. The molecule has 5 N–H and O–H groups in total. The van der Waals surface area contributed by atoms with Gasteiger partial charge in [-0.1, -0.05) is 0 Å². The van der Waals surface area contributed by atoms with Crippen LogP contribution in [0.5, 0.6) is 0 Å². The second-order valence-electron chi connectivity index (χ2n) is 1.63. The van der Waals surface area contributed by atoms with Crippen molar-refractivity contribution >= 4 is 23.3 Å². The fourth-order valence-corrected chi connectivity index (χ4v) is 0. The van der Waals surface area contributed by atoms with Crippen LogP contribution in [0.25, 0.3) is 0 Å². The predicted octanol–water partition coefficient (Wildman–Crippen LogP) is -2.80. The fraction of sp³-hybridized carbons (Fsp3) is 0.800. The molecule has 0 spiro atoms. The summed E-state index contributed by atoms with van der Waals surface area (Å²) in [4.78, 5) is 9.24. The number of nitrogens with two attached hydrogens (primary N) is 1. The minimum absolute atomic E-state index is 0. The first-order valence-electron chi connectivity index (χ1n) is 2.75. The van der Waals surface area contributed by atoms with E-state index in [-0.39, 0.29) is 56.7 Å². The largest absolute Gasteiger partial charge is 0.480 e. The molecule has 7 heteroatoms. The van der Waals surface area contributed by atoms with E-state index >= 15 is 0 Å². The third kappa shape index (κ3) is 45.2. The van der Waals surface area contributed by atoms with Crippen molar-refractivity contribution in [3.05, 3.63) is 0 Å². The molecule has 0 saturated heterocycles. The summed E-state index contributed by atoms with van der Waals surface area (Å²) in [6.45, 7) is 1.11. The Balaban J connectivity index is -0.0000000457. The molecule has 0 aromatic carbocycles. The van der Waals surface area contributed by atoms with Crippen molar-refractivity contribution in [1.82, 2.24) is 0 Å². The van der Waals surface area contributed by atoms with E-state index in [1.165, 1.54) is 6.92 Å². The van der Waals surface area contributed by atoms with Crippen LogP contribution in [0, 0.1) is 0 Å². The van der Waals surface area contributed by atoms with Gasteiger partial charge in [-0.05, 0) is 6.92 Å². The Hall–Kier alpha value is 0.766. The second-order valence-corrected chi connectivity index (χ2v) is 1.63. The van der Waals surface area contributed by atoms with Crippen LogP contribution in [0.1, 0.15) is 6.92 Å². The van der Waals surface area contributed by atoms with Crippen LogP contribution < -0.4 is 5.73 Å². The Labute approximate surface area is 101 Å². The zero-order chi connectivity index (χ0) is 8.57. The first-order chi connectivity index (χ1) is 4.54. The van der Waals surface area contributed by atoms with Crippen LogP contribution in [0.2, 0.25) is 0 Å². The maximum atomic E-state index is 9.24. The zero-order valence-corrected chi connectivity index (χ0v) is 8.78. The molecule has 12 heavy (non-hydrogen) atoms. The topological polar surface area (TPSA) is 104 Å². The van der Waals surface area contributed by atoms with E-state index in [2.05, 4.69) is 5.73 Å². The van der Waals surface area contributed by atoms with Gasteiger partial charge in [-0.3, -0.25) is 4.79 Å². The van der Waals surface area contributed by atoms with Crippen LogP contribution in [0.3, 0.4) is 0 Å². The summed E-state index contributed by atoms with van der Waals surface area (Å²) in [5.41, 5.74) is 4.57. The number of aliphatic carboxylic acids is 1. The van der Waals surface area contributed by atoms with E-state index in [0.717, 1.165) is 0 Å². The number of hydrogen-bond acceptors (Lipinski definition) is 4. The van der Waals surface area contributed by atoms with E-state index in [1.54, 1.807) is 0 Å². The molecule has 0 aliphatic rings. The van der Waals surface area contributed by atoms with E-state index in [9.17, 15) is 4.79 Å². The SMILES string of the molecule is CC(O)CO.NCC(=O)O.[AlH3].[Zr]. The third-order valence-electron chi connectivity index (χ3n) is 0.439. The molecule has 5 nitrogen and oxygen atoms in total. The molecule has 1 unspecified atom stereocenters. The van der Waals surface area contributed by atoms with E-state index in [4.69, 9.17) is 15.3 Å². The Kier molecular flexibility index (Phi) is 34.0. The molecule has 0 aromatic rings. The molecule has 1 atom stereocenters. The van der Waals surface area contributed by atoms with Gasteiger partial charge < -0.3 is 21.1 Å². The minimum atomic E-state index is -0.968. The monoisotopic (exact) mass is 271 g/mol. The molecule has 0 radical (unpaired) electrons. The predicted molar refractivity (Wildman–Crippen MR) is 45.4 cm³/mol. The second kappa shape index (κ2) is 17.7. The summed E-state index contributed by atoms with van der Waals surface area (Å²) < 4.78 is 0. The van der Waals surface area contributed by atoms with Gasteiger partial charge >= 0.3 is 5.97 Å². The number of rotatable bonds is 2. The van der Waals surface area contributed by atoms with E-state index < -0.39 is 12.1 Å². The Morgan fingerprint density at radius 1 is 1.58 bits per heavy atom. The van der Waals surface area contributed by atoms with Gasteiger partial charge in [0.25, 0.3) is 0 Å². The first-order valence-corrected chi connectivity index (χ1v) is 2.75. The van der Waals surface area contributed by atoms with E-state index in [1.807, 2.05) is 0 Å². The molecule has 0 saturated carbocycles. The molecule has 0 aliphatic carbocycles. The average Bonchev–Trinajstić information content (AvgIpc) is 1.89. The number of aliphatic hydroxyl groups excluding tert-OH is 2. The van der Waals surface area contributed by atoms with Crippen molar-refractivity contribution in [2.24, 2.45) is 5.73 Å². The van der Waals surface area contributed by atoms with Crippen molar-refractivity contribution in [2.45, 2.75) is 13.0 Å². The summed E-state index contributed by atoms with van der Waals surface area (Å²) in [5.74, 6) is -0.968. The molecule has 0 heterocycles. The van der Waals surface area contributed by atoms with Gasteiger partial charge in [0.1, 0.15) is 0 Å². The fourth-order valence-electron chi connectivity index (χ4n) is 0. The normalized spacial score (nSPS) is 9.33. The van der Waals surface area contributed by atoms with Crippen LogP contribution in [-0.4, -0.2) is 57.9 Å². The van der Waals surface area contributed by atoms with Gasteiger partial charge in [0.2, 0.25) is 0 Å². The van der Waals surface area contributed by atoms with Gasteiger partial charge in [-0.2, -0.15) is 0 Å². The molecule has 0 rings (SSSR count). The molecular formula is C5H16AlNO4Zr. The van der Waals surface area contributed by atoms with Crippen molar-refractivity contribution in [3.8, 4) is 0 Å². The van der Waals surface area contributed by atoms with Gasteiger partial charge in [0.15, 0.2) is 17.4 Å². The third-order valence-corrected chi connectivity index (χ3v) is 0.439. The minimum Gasteiger partial charge on any atom is -0.480 e. The standard InChI is InChI=1S/C3H8O2.C2H5NO2.Al.Zr.3H/c1-3(5)2-4;3-1-2(4)5;;;;;/h3-5H,2H2,1H3;1,3H2,(H,4,5);;;;;. The van der Waals surface area contributed by atoms with Crippen molar-refractivity contribution in [3.63, 3.8) is 0 Å². The van der Waals surface area contributed by atoms with Gasteiger partial charge in [-0.15, -0.1) is 0 Å². The van der Waals surface area contributed by atoms with Crippen LogP contribution in [-0.2, 0) is 31.0 Å².